The van der Waals surface area contributed by atoms with Crippen molar-refractivity contribution in [2.75, 3.05) is 5.32 Å². The van der Waals surface area contributed by atoms with Crippen LogP contribution in [0, 0.1) is 6.92 Å². The molecule has 2 aromatic rings. The summed E-state index contributed by atoms with van der Waals surface area (Å²) in [4.78, 5) is 12.2. The minimum atomic E-state index is -0.0129. The van der Waals surface area contributed by atoms with Crippen LogP contribution in [0.3, 0.4) is 0 Å². The molecular weight excluding hydrogens is 262 g/mol. The van der Waals surface area contributed by atoms with Gasteiger partial charge in [0.15, 0.2) is 0 Å². The summed E-state index contributed by atoms with van der Waals surface area (Å²) in [5.74, 6) is 0.749. The molecule has 21 heavy (non-hydrogen) atoms. The Balaban J connectivity index is 2.04. The molecule has 1 heterocycles. The normalized spacial score (nSPS) is 10.9. The van der Waals surface area contributed by atoms with Crippen molar-refractivity contribution < 1.29 is 4.79 Å². The number of carbonyl (C=O) groups excluding carboxylic acids is 1. The van der Waals surface area contributed by atoms with Gasteiger partial charge in [0.1, 0.15) is 5.82 Å². The molecule has 1 N–H and O–H groups in total. The Labute approximate surface area is 126 Å². The Hall–Kier alpha value is -2.10. The monoisotopic (exact) mass is 285 g/mol. The van der Waals surface area contributed by atoms with Gasteiger partial charge in [-0.15, -0.1) is 0 Å². The average Bonchev–Trinajstić information content (AvgIpc) is 2.80. The number of rotatable bonds is 5. The molecule has 0 saturated carbocycles. The van der Waals surface area contributed by atoms with Crippen LogP contribution < -0.4 is 5.32 Å². The third-order valence-electron chi connectivity index (χ3n) is 3.41. The van der Waals surface area contributed by atoms with E-state index in [1.165, 1.54) is 5.56 Å². The minimum absolute atomic E-state index is 0.0129. The van der Waals surface area contributed by atoms with Crippen LogP contribution in [0.15, 0.2) is 30.3 Å². The fourth-order valence-corrected chi connectivity index (χ4v) is 2.27. The van der Waals surface area contributed by atoms with Gasteiger partial charge in [0, 0.05) is 12.1 Å². The summed E-state index contributed by atoms with van der Waals surface area (Å²) in [7, 11) is 0. The first-order chi connectivity index (χ1) is 9.99. The molecule has 1 aromatic heterocycles. The summed E-state index contributed by atoms with van der Waals surface area (Å²) in [6.45, 7) is 8.15. The summed E-state index contributed by atoms with van der Waals surface area (Å²) < 4.78 is 1.84. The summed E-state index contributed by atoms with van der Waals surface area (Å²) in [6.07, 6.45) is 1.39. The second-order valence-corrected chi connectivity index (χ2v) is 5.60. The maximum absolute atomic E-state index is 12.2. The van der Waals surface area contributed by atoms with E-state index in [4.69, 9.17) is 0 Å². The molecule has 2 rings (SSSR count). The molecule has 1 aromatic carbocycles. The number of nitrogens with one attached hydrogen (secondary N) is 1. The lowest BCUT2D eigenvalue weighted by molar-refractivity contribution is -0.115. The van der Waals surface area contributed by atoms with E-state index in [0.717, 1.165) is 23.5 Å². The Morgan fingerprint density at radius 3 is 2.43 bits per heavy atom. The molecular formula is C17H23N3O. The molecule has 0 fully saturated rings. The van der Waals surface area contributed by atoms with Gasteiger partial charge in [-0.2, -0.15) is 5.10 Å². The highest BCUT2D eigenvalue weighted by Crippen LogP contribution is 2.16. The van der Waals surface area contributed by atoms with Crippen LogP contribution in [0.2, 0.25) is 0 Å². The van der Waals surface area contributed by atoms with Crippen LogP contribution in [0.4, 0.5) is 5.82 Å². The van der Waals surface area contributed by atoms with Gasteiger partial charge < -0.3 is 5.32 Å². The Morgan fingerprint density at radius 2 is 1.86 bits per heavy atom. The fraction of sp³-hybridized carbons (Fsp3) is 0.412. The maximum atomic E-state index is 12.2. The predicted molar refractivity (Wildman–Crippen MR) is 85.5 cm³/mol. The summed E-state index contributed by atoms with van der Waals surface area (Å²) >= 11 is 0. The van der Waals surface area contributed by atoms with Crippen molar-refractivity contribution in [1.82, 2.24) is 9.78 Å². The first-order valence-corrected chi connectivity index (χ1v) is 7.43. The van der Waals surface area contributed by atoms with Gasteiger partial charge in [0.05, 0.1) is 12.1 Å². The van der Waals surface area contributed by atoms with Crippen molar-refractivity contribution in [2.45, 2.75) is 46.6 Å². The first-order valence-electron chi connectivity index (χ1n) is 7.43. The van der Waals surface area contributed by atoms with Crippen LogP contribution in [-0.2, 0) is 17.6 Å². The van der Waals surface area contributed by atoms with Crippen LogP contribution in [0.1, 0.15) is 43.6 Å². The number of anilines is 1. The first kappa shape index (κ1) is 15.3. The number of aromatic nitrogens is 2. The van der Waals surface area contributed by atoms with Crippen LogP contribution in [-0.4, -0.2) is 15.7 Å². The van der Waals surface area contributed by atoms with Crippen LogP contribution >= 0.6 is 0 Å². The van der Waals surface area contributed by atoms with Gasteiger partial charge in [-0.25, -0.2) is 4.68 Å². The highest BCUT2D eigenvalue weighted by atomic mass is 16.1. The minimum Gasteiger partial charge on any atom is -0.311 e. The Morgan fingerprint density at radius 1 is 1.24 bits per heavy atom. The van der Waals surface area contributed by atoms with Crippen molar-refractivity contribution in [2.24, 2.45) is 0 Å². The quantitative estimate of drug-likeness (QED) is 0.913. The second kappa shape index (κ2) is 6.57. The van der Waals surface area contributed by atoms with E-state index >= 15 is 0 Å². The molecule has 0 bridgehead atoms. The van der Waals surface area contributed by atoms with Crippen molar-refractivity contribution in [3.63, 3.8) is 0 Å². The molecule has 0 aliphatic rings. The summed E-state index contributed by atoms with van der Waals surface area (Å²) in [6, 6.07) is 10.3. The third kappa shape index (κ3) is 3.94. The number of carbonyl (C=O) groups is 1. The molecule has 1 amide bonds. The largest absolute Gasteiger partial charge is 0.311 e. The Bertz CT molecular complexity index is 611. The zero-order valence-electron chi connectivity index (χ0n) is 13.2. The van der Waals surface area contributed by atoms with E-state index < -0.39 is 0 Å². The summed E-state index contributed by atoms with van der Waals surface area (Å²) in [5.41, 5.74) is 3.22. The number of nitrogens with zero attached hydrogens (tertiary/aromatic N) is 2. The molecule has 0 unspecified atom stereocenters. The van der Waals surface area contributed by atoms with Gasteiger partial charge in [0.2, 0.25) is 5.91 Å². The number of aryl methyl sites for hydroxylation is 2. The lowest BCUT2D eigenvalue weighted by atomic mass is 10.1. The van der Waals surface area contributed by atoms with E-state index in [1.807, 2.05) is 43.7 Å². The van der Waals surface area contributed by atoms with Crippen LogP contribution in [0.5, 0.6) is 0 Å². The molecule has 0 aliphatic heterocycles. The van der Waals surface area contributed by atoms with Gasteiger partial charge >= 0.3 is 0 Å². The number of benzene rings is 1. The van der Waals surface area contributed by atoms with Crippen molar-refractivity contribution >= 4 is 11.7 Å². The molecule has 0 atom stereocenters. The van der Waals surface area contributed by atoms with Crippen LogP contribution in [0.25, 0.3) is 0 Å². The smallest absolute Gasteiger partial charge is 0.229 e. The molecule has 0 radical (unpaired) electrons. The maximum Gasteiger partial charge on any atom is 0.229 e. The number of amides is 1. The zero-order chi connectivity index (χ0) is 15.4. The fourth-order valence-electron chi connectivity index (χ4n) is 2.27. The predicted octanol–water partition coefficient (Wildman–Crippen LogP) is 3.52. The highest BCUT2D eigenvalue weighted by molar-refractivity contribution is 5.91. The number of hydrogen-bond donors (Lipinski definition) is 1. The van der Waals surface area contributed by atoms with Gasteiger partial charge in [-0.1, -0.05) is 31.2 Å². The van der Waals surface area contributed by atoms with Gasteiger partial charge in [-0.05, 0) is 38.3 Å². The molecule has 0 spiro atoms. The second-order valence-electron chi connectivity index (χ2n) is 5.60. The molecule has 0 aliphatic carbocycles. The van der Waals surface area contributed by atoms with E-state index in [9.17, 15) is 4.79 Å². The highest BCUT2D eigenvalue weighted by Gasteiger charge is 2.11. The van der Waals surface area contributed by atoms with Crippen molar-refractivity contribution in [1.29, 1.82) is 0 Å². The molecule has 0 saturated heterocycles. The van der Waals surface area contributed by atoms with Crippen molar-refractivity contribution in [3.05, 3.63) is 47.2 Å². The summed E-state index contributed by atoms with van der Waals surface area (Å²) in [5, 5.41) is 7.35. The molecule has 4 heteroatoms. The van der Waals surface area contributed by atoms with Gasteiger partial charge in [-0.3, -0.25) is 4.79 Å². The van der Waals surface area contributed by atoms with Crippen molar-refractivity contribution in [3.8, 4) is 0 Å². The topological polar surface area (TPSA) is 46.9 Å². The molecule has 4 nitrogen and oxygen atoms in total. The third-order valence-corrected chi connectivity index (χ3v) is 3.41. The standard InChI is InChI=1S/C17H23N3O/c1-5-14-6-8-15(9-7-14)11-17(21)18-16-10-13(4)19-20(16)12(2)3/h6-10,12H,5,11H2,1-4H3,(H,18,21). The van der Waals surface area contributed by atoms with E-state index in [1.54, 1.807) is 0 Å². The van der Waals surface area contributed by atoms with Gasteiger partial charge in [0.25, 0.3) is 0 Å². The average molecular weight is 285 g/mol. The lowest BCUT2D eigenvalue weighted by Gasteiger charge is -2.11. The lowest BCUT2D eigenvalue weighted by Crippen LogP contribution is -2.18. The number of hydrogen-bond acceptors (Lipinski definition) is 2. The van der Waals surface area contributed by atoms with E-state index in [0.29, 0.717) is 6.42 Å². The van der Waals surface area contributed by atoms with E-state index in [2.05, 4.69) is 29.5 Å². The Kier molecular flexibility index (Phi) is 4.78. The zero-order valence-corrected chi connectivity index (χ0v) is 13.2. The van der Waals surface area contributed by atoms with E-state index in [-0.39, 0.29) is 11.9 Å². The molecule has 112 valence electrons. The SMILES string of the molecule is CCc1ccc(CC(=O)Nc2cc(C)nn2C(C)C)cc1.